The summed E-state index contributed by atoms with van der Waals surface area (Å²) in [6.45, 7) is 2.18. The van der Waals surface area contributed by atoms with E-state index in [0.717, 1.165) is 12.1 Å². The van der Waals surface area contributed by atoms with E-state index in [0.29, 0.717) is 31.0 Å². The third-order valence-electron chi connectivity index (χ3n) is 3.46. The highest BCUT2D eigenvalue weighted by molar-refractivity contribution is 6.30. The largest absolute Gasteiger partial charge is 0.492 e. The zero-order chi connectivity index (χ0) is 16.2. The van der Waals surface area contributed by atoms with Crippen molar-refractivity contribution in [3.63, 3.8) is 0 Å². The highest BCUT2D eigenvalue weighted by Gasteiger charge is 2.41. The summed E-state index contributed by atoms with van der Waals surface area (Å²) in [4.78, 5) is 16.9. The van der Waals surface area contributed by atoms with Crippen LogP contribution in [0.15, 0.2) is 24.3 Å². The fraction of sp³-hybridized carbons (Fsp3) is 0.500. The highest BCUT2D eigenvalue weighted by Crippen LogP contribution is 2.18. The van der Waals surface area contributed by atoms with E-state index in [2.05, 4.69) is 15.2 Å². The zero-order valence-electron chi connectivity index (χ0n) is 11.7. The van der Waals surface area contributed by atoms with Crippen LogP contribution in [0.5, 0.6) is 0 Å². The Labute approximate surface area is 131 Å². The molecule has 1 saturated heterocycles. The van der Waals surface area contributed by atoms with Crippen LogP contribution in [0, 0.1) is 0 Å². The minimum absolute atomic E-state index is 0.257. The van der Waals surface area contributed by atoms with Gasteiger partial charge in [0.25, 0.3) is 0 Å². The molecule has 0 aromatic heterocycles. The van der Waals surface area contributed by atoms with Crippen LogP contribution in [-0.2, 0) is 16.2 Å². The van der Waals surface area contributed by atoms with E-state index < -0.39 is 12.1 Å². The molecule has 2 rings (SSSR count). The summed E-state index contributed by atoms with van der Waals surface area (Å²) in [5.74, 6) is -2.21. The Morgan fingerprint density at radius 1 is 1.27 bits per heavy atom. The van der Waals surface area contributed by atoms with Gasteiger partial charge in [-0.3, -0.25) is 4.90 Å². The van der Waals surface area contributed by atoms with Gasteiger partial charge in [0, 0.05) is 30.7 Å². The van der Waals surface area contributed by atoms with Gasteiger partial charge in [-0.1, -0.05) is 23.7 Å². The van der Waals surface area contributed by atoms with Gasteiger partial charge < -0.3 is 4.84 Å². The van der Waals surface area contributed by atoms with E-state index >= 15 is 0 Å². The molecule has 22 heavy (non-hydrogen) atoms. The van der Waals surface area contributed by atoms with Crippen molar-refractivity contribution < 1.29 is 22.8 Å². The van der Waals surface area contributed by atoms with Gasteiger partial charge in [-0.25, -0.2) is 4.79 Å². The number of nitrogens with one attached hydrogen (secondary N) is 1. The van der Waals surface area contributed by atoms with Gasteiger partial charge in [0.05, 0.1) is 0 Å². The van der Waals surface area contributed by atoms with E-state index in [-0.39, 0.29) is 6.04 Å². The van der Waals surface area contributed by atoms with E-state index in [9.17, 15) is 18.0 Å². The van der Waals surface area contributed by atoms with Crippen molar-refractivity contribution in [3.05, 3.63) is 34.9 Å². The van der Waals surface area contributed by atoms with E-state index in [1.165, 1.54) is 0 Å². The Hall–Kier alpha value is -1.31. The molecule has 0 saturated carbocycles. The molecular formula is C14H16ClF3N2O2. The molecule has 1 aliphatic rings. The Morgan fingerprint density at radius 2 is 1.86 bits per heavy atom. The lowest BCUT2D eigenvalue weighted by Gasteiger charge is -2.31. The number of benzene rings is 1. The number of hydrogen-bond acceptors (Lipinski definition) is 4. The Kier molecular flexibility index (Phi) is 5.66. The molecule has 4 nitrogen and oxygen atoms in total. The molecule has 0 radical (unpaired) electrons. The van der Waals surface area contributed by atoms with Crippen molar-refractivity contribution in [3.8, 4) is 0 Å². The molecule has 1 aromatic rings. The first kappa shape index (κ1) is 17.1. The lowest BCUT2D eigenvalue weighted by Crippen LogP contribution is -2.44. The molecule has 0 aliphatic carbocycles. The van der Waals surface area contributed by atoms with Crippen LogP contribution in [0.1, 0.15) is 18.4 Å². The number of hydroxylamine groups is 1. The van der Waals surface area contributed by atoms with Gasteiger partial charge in [-0.2, -0.15) is 13.2 Å². The molecule has 8 heteroatoms. The van der Waals surface area contributed by atoms with E-state index in [1.807, 2.05) is 24.3 Å². The van der Waals surface area contributed by atoms with Crippen LogP contribution in [-0.4, -0.2) is 36.2 Å². The number of piperidine rings is 1. The van der Waals surface area contributed by atoms with Crippen LogP contribution in [0.3, 0.4) is 0 Å². The maximum atomic E-state index is 12.0. The fourth-order valence-corrected chi connectivity index (χ4v) is 2.38. The van der Waals surface area contributed by atoms with Crippen molar-refractivity contribution >= 4 is 17.6 Å². The first-order valence-electron chi connectivity index (χ1n) is 6.85. The average molecular weight is 337 g/mol. The first-order chi connectivity index (χ1) is 10.3. The number of rotatable bonds is 4. The van der Waals surface area contributed by atoms with Crippen LogP contribution < -0.4 is 5.48 Å². The van der Waals surface area contributed by atoms with Gasteiger partial charge in [0.1, 0.15) is 0 Å². The molecule has 0 unspecified atom stereocenters. The number of alkyl halides is 3. The molecular weight excluding hydrogens is 321 g/mol. The third kappa shape index (κ3) is 5.15. The third-order valence-corrected chi connectivity index (χ3v) is 3.71. The summed E-state index contributed by atoms with van der Waals surface area (Å²) in [5.41, 5.74) is 3.33. The SMILES string of the molecule is O=C(ONC1CCN(Cc2ccc(Cl)cc2)CC1)C(F)(F)F. The number of nitrogens with zero attached hydrogens (tertiary/aromatic N) is 1. The van der Waals surface area contributed by atoms with Crippen molar-refractivity contribution in [2.45, 2.75) is 31.6 Å². The van der Waals surface area contributed by atoms with Crippen molar-refractivity contribution in [1.82, 2.24) is 10.4 Å². The smallest absolute Gasteiger partial charge is 0.363 e. The minimum Gasteiger partial charge on any atom is -0.363 e. The quantitative estimate of drug-likeness (QED) is 0.858. The molecule has 122 valence electrons. The van der Waals surface area contributed by atoms with Gasteiger partial charge in [0.2, 0.25) is 0 Å². The number of hydrogen-bond donors (Lipinski definition) is 1. The number of carbonyl (C=O) groups excluding carboxylic acids is 1. The van der Waals surface area contributed by atoms with Crippen LogP contribution in [0.4, 0.5) is 13.2 Å². The van der Waals surface area contributed by atoms with Crippen LogP contribution >= 0.6 is 11.6 Å². The monoisotopic (exact) mass is 336 g/mol. The summed E-state index contributed by atoms with van der Waals surface area (Å²) >= 11 is 5.82. The lowest BCUT2D eigenvalue weighted by molar-refractivity contribution is -0.209. The molecule has 1 fully saturated rings. The first-order valence-corrected chi connectivity index (χ1v) is 7.23. The van der Waals surface area contributed by atoms with Gasteiger partial charge >= 0.3 is 12.1 Å². The van der Waals surface area contributed by atoms with Gasteiger partial charge in [-0.05, 0) is 30.5 Å². The van der Waals surface area contributed by atoms with Gasteiger partial charge in [0.15, 0.2) is 0 Å². The fourth-order valence-electron chi connectivity index (χ4n) is 2.25. The molecule has 0 amide bonds. The number of likely N-dealkylation sites (tertiary alicyclic amines) is 1. The van der Waals surface area contributed by atoms with E-state index in [1.54, 1.807) is 0 Å². The number of carbonyl (C=O) groups is 1. The second-order valence-electron chi connectivity index (χ2n) is 5.18. The van der Waals surface area contributed by atoms with Crippen LogP contribution in [0.2, 0.25) is 5.02 Å². The van der Waals surface area contributed by atoms with Gasteiger partial charge in [-0.15, -0.1) is 5.48 Å². The predicted octanol–water partition coefficient (Wildman–Crippen LogP) is 2.91. The second kappa shape index (κ2) is 7.30. The van der Waals surface area contributed by atoms with Crippen molar-refractivity contribution in [2.75, 3.05) is 13.1 Å². The number of halogens is 4. The minimum atomic E-state index is -4.97. The molecule has 1 aromatic carbocycles. The normalized spacial score (nSPS) is 17.5. The zero-order valence-corrected chi connectivity index (χ0v) is 12.5. The molecule has 1 N–H and O–H groups in total. The molecule has 1 heterocycles. The Morgan fingerprint density at radius 3 is 2.41 bits per heavy atom. The van der Waals surface area contributed by atoms with Crippen molar-refractivity contribution in [2.24, 2.45) is 0 Å². The standard InChI is InChI=1S/C14H16ClF3N2O2/c15-11-3-1-10(2-4-11)9-20-7-5-12(6-8-20)19-22-13(21)14(16,17)18/h1-4,12,19H,5-9H2. The maximum Gasteiger partial charge on any atom is 0.492 e. The summed E-state index contributed by atoms with van der Waals surface area (Å²) in [6.07, 6.45) is -3.75. The second-order valence-corrected chi connectivity index (χ2v) is 5.62. The molecule has 0 spiro atoms. The Bertz CT molecular complexity index is 500. The van der Waals surface area contributed by atoms with Crippen molar-refractivity contribution in [1.29, 1.82) is 0 Å². The Balaban J connectivity index is 1.71. The maximum absolute atomic E-state index is 12.0. The summed E-state index contributed by atoms with van der Waals surface area (Å²) in [7, 11) is 0. The van der Waals surface area contributed by atoms with Crippen LogP contribution in [0.25, 0.3) is 0 Å². The predicted molar refractivity (Wildman–Crippen MR) is 75.0 cm³/mol. The highest BCUT2D eigenvalue weighted by atomic mass is 35.5. The summed E-state index contributed by atoms with van der Waals surface area (Å²) < 4.78 is 36.0. The molecule has 0 bridgehead atoms. The molecule has 1 aliphatic heterocycles. The molecule has 0 atom stereocenters. The summed E-state index contributed by atoms with van der Waals surface area (Å²) in [5, 5.41) is 0.679. The average Bonchev–Trinajstić information content (AvgIpc) is 2.47. The van der Waals surface area contributed by atoms with E-state index in [4.69, 9.17) is 11.6 Å². The summed E-state index contributed by atoms with van der Waals surface area (Å²) in [6, 6.07) is 7.27. The topological polar surface area (TPSA) is 41.6 Å². The lowest BCUT2D eigenvalue weighted by atomic mass is 10.1.